The SMILES string of the molecule is O=C1CCN(S(=O)(=O)c2cccc(Cl)c2)C(C(c2ccc(F)cc2)c2ccc(F)cc2)C1. The minimum Gasteiger partial charge on any atom is -0.300 e. The van der Waals surface area contributed by atoms with Crippen LogP contribution in [0.4, 0.5) is 8.78 Å². The number of ketones is 1. The molecule has 0 saturated carbocycles. The van der Waals surface area contributed by atoms with Gasteiger partial charge in [0.2, 0.25) is 10.0 Å². The summed E-state index contributed by atoms with van der Waals surface area (Å²) in [5.41, 5.74) is 1.26. The summed E-state index contributed by atoms with van der Waals surface area (Å²) in [6.07, 6.45) is 0.0784. The molecule has 0 N–H and O–H groups in total. The minimum absolute atomic E-state index is 0.0111. The molecule has 0 amide bonds. The number of benzene rings is 3. The van der Waals surface area contributed by atoms with E-state index in [0.29, 0.717) is 11.1 Å². The van der Waals surface area contributed by atoms with Crippen molar-refractivity contribution in [1.82, 2.24) is 4.31 Å². The summed E-state index contributed by atoms with van der Waals surface area (Å²) in [4.78, 5) is 12.5. The second-order valence-electron chi connectivity index (χ2n) is 7.71. The number of Topliss-reactive ketones (excluding diaryl/α,β-unsaturated/α-hetero) is 1. The summed E-state index contributed by atoms with van der Waals surface area (Å²) in [6.45, 7) is 0.0111. The highest BCUT2D eigenvalue weighted by Crippen LogP contribution is 2.38. The van der Waals surface area contributed by atoms with Crippen molar-refractivity contribution in [3.63, 3.8) is 0 Å². The molecule has 0 aliphatic carbocycles. The average Bonchev–Trinajstić information content (AvgIpc) is 2.76. The van der Waals surface area contributed by atoms with Crippen molar-refractivity contribution in [1.29, 1.82) is 0 Å². The summed E-state index contributed by atoms with van der Waals surface area (Å²) in [5.74, 6) is -1.54. The van der Waals surface area contributed by atoms with E-state index in [2.05, 4.69) is 0 Å². The van der Waals surface area contributed by atoms with Crippen LogP contribution in [0.1, 0.15) is 29.9 Å². The molecule has 1 fully saturated rings. The monoisotopic (exact) mass is 475 g/mol. The van der Waals surface area contributed by atoms with Gasteiger partial charge < -0.3 is 0 Å². The molecule has 1 aliphatic heterocycles. The van der Waals surface area contributed by atoms with Gasteiger partial charge >= 0.3 is 0 Å². The molecule has 1 saturated heterocycles. The first-order valence-corrected chi connectivity index (χ1v) is 11.9. The van der Waals surface area contributed by atoms with Gasteiger partial charge in [0, 0.05) is 36.4 Å². The van der Waals surface area contributed by atoms with Crippen LogP contribution in [0.5, 0.6) is 0 Å². The molecule has 32 heavy (non-hydrogen) atoms. The molecule has 1 heterocycles. The zero-order valence-electron chi connectivity index (χ0n) is 16.9. The van der Waals surface area contributed by atoms with Crippen molar-refractivity contribution in [3.05, 3.63) is 101 Å². The molecule has 3 aromatic carbocycles. The second kappa shape index (κ2) is 9.10. The summed E-state index contributed by atoms with van der Waals surface area (Å²) in [5, 5.41) is 0.282. The molecule has 0 aromatic heterocycles. The number of rotatable bonds is 5. The van der Waals surface area contributed by atoms with Crippen molar-refractivity contribution in [2.45, 2.75) is 29.7 Å². The fraction of sp³-hybridized carbons (Fsp3) is 0.208. The molecule has 166 valence electrons. The maximum Gasteiger partial charge on any atom is 0.243 e. The number of hydrogen-bond acceptors (Lipinski definition) is 3. The Balaban J connectivity index is 1.85. The zero-order chi connectivity index (χ0) is 22.9. The third kappa shape index (κ3) is 4.60. The summed E-state index contributed by atoms with van der Waals surface area (Å²) < 4.78 is 55.7. The first kappa shape index (κ1) is 22.6. The van der Waals surface area contributed by atoms with Gasteiger partial charge in [-0.3, -0.25) is 4.79 Å². The Bertz CT molecular complexity index is 1190. The first-order chi connectivity index (χ1) is 15.3. The second-order valence-corrected chi connectivity index (χ2v) is 10.0. The normalized spacial score (nSPS) is 17.6. The number of halogens is 3. The van der Waals surface area contributed by atoms with Gasteiger partial charge in [-0.2, -0.15) is 4.31 Å². The lowest BCUT2D eigenvalue weighted by Gasteiger charge is -2.39. The smallest absolute Gasteiger partial charge is 0.243 e. The minimum atomic E-state index is -3.99. The van der Waals surface area contributed by atoms with Crippen molar-refractivity contribution in [2.75, 3.05) is 6.54 Å². The molecule has 0 spiro atoms. The van der Waals surface area contributed by atoms with Crippen molar-refractivity contribution < 1.29 is 22.0 Å². The van der Waals surface area contributed by atoms with E-state index in [1.165, 1.54) is 40.7 Å². The van der Waals surface area contributed by atoms with E-state index in [0.717, 1.165) is 0 Å². The van der Waals surface area contributed by atoms with E-state index < -0.39 is 33.6 Å². The van der Waals surface area contributed by atoms with Gasteiger partial charge in [0.15, 0.2) is 0 Å². The van der Waals surface area contributed by atoms with Gasteiger partial charge in [0.1, 0.15) is 17.4 Å². The summed E-state index contributed by atoms with van der Waals surface area (Å²) in [6, 6.07) is 16.6. The maximum absolute atomic E-state index is 13.6. The van der Waals surface area contributed by atoms with Gasteiger partial charge in [-0.25, -0.2) is 17.2 Å². The van der Waals surface area contributed by atoms with E-state index in [1.807, 2.05) is 0 Å². The van der Waals surface area contributed by atoms with E-state index in [4.69, 9.17) is 11.6 Å². The Morgan fingerprint density at radius 2 is 1.47 bits per heavy atom. The summed E-state index contributed by atoms with van der Waals surface area (Å²) in [7, 11) is -3.99. The van der Waals surface area contributed by atoms with Crippen LogP contribution in [0.25, 0.3) is 0 Å². The number of piperidine rings is 1. The molecule has 0 bridgehead atoms. The predicted molar refractivity (Wildman–Crippen MR) is 118 cm³/mol. The van der Waals surface area contributed by atoms with E-state index in [-0.39, 0.29) is 35.1 Å². The number of nitrogens with zero attached hydrogens (tertiary/aromatic N) is 1. The Morgan fingerprint density at radius 1 is 0.906 bits per heavy atom. The zero-order valence-corrected chi connectivity index (χ0v) is 18.5. The van der Waals surface area contributed by atoms with Crippen LogP contribution in [-0.4, -0.2) is 31.1 Å². The molecule has 1 unspecified atom stereocenters. The van der Waals surface area contributed by atoms with Crippen LogP contribution in [0, 0.1) is 11.6 Å². The quantitative estimate of drug-likeness (QED) is 0.511. The molecule has 4 rings (SSSR count). The first-order valence-electron chi connectivity index (χ1n) is 10.1. The molecule has 1 atom stereocenters. The lowest BCUT2D eigenvalue weighted by Crippen LogP contribution is -2.49. The van der Waals surface area contributed by atoms with Crippen LogP contribution < -0.4 is 0 Å². The van der Waals surface area contributed by atoms with Crippen LogP contribution in [-0.2, 0) is 14.8 Å². The standard InChI is InChI=1S/C24H20ClF2NO3S/c25-18-2-1-3-22(14-18)32(30,31)28-13-12-21(29)15-23(28)24(16-4-8-19(26)9-5-16)17-6-10-20(27)11-7-17/h1-11,14,23-24H,12-13,15H2. The Hall–Kier alpha value is -2.61. The fourth-order valence-electron chi connectivity index (χ4n) is 4.16. The van der Waals surface area contributed by atoms with Gasteiger partial charge in [-0.15, -0.1) is 0 Å². The van der Waals surface area contributed by atoms with E-state index in [1.54, 1.807) is 36.4 Å². The van der Waals surface area contributed by atoms with Gasteiger partial charge in [0.05, 0.1) is 4.90 Å². The van der Waals surface area contributed by atoms with Crippen LogP contribution >= 0.6 is 11.6 Å². The lowest BCUT2D eigenvalue weighted by atomic mass is 9.81. The molecule has 1 aliphatic rings. The Labute approximate surface area is 190 Å². The number of hydrogen-bond donors (Lipinski definition) is 0. The fourth-order valence-corrected chi connectivity index (χ4v) is 6.10. The summed E-state index contributed by atoms with van der Waals surface area (Å²) >= 11 is 6.03. The lowest BCUT2D eigenvalue weighted by molar-refractivity contribution is -0.122. The van der Waals surface area contributed by atoms with Crippen LogP contribution in [0.15, 0.2) is 77.7 Å². The third-order valence-electron chi connectivity index (χ3n) is 5.66. The third-order valence-corrected chi connectivity index (χ3v) is 7.82. The Morgan fingerprint density at radius 3 is 2.00 bits per heavy atom. The van der Waals surface area contributed by atoms with Crippen molar-refractivity contribution in [3.8, 4) is 0 Å². The highest BCUT2D eigenvalue weighted by molar-refractivity contribution is 7.89. The van der Waals surface area contributed by atoms with Gasteiger partial charge in [0.25, 0.3) is 0 Å². The molecule has 3 aromatic rings. The van der Waals surface area contributed by atoms with Crippen molar-refractivity contribution >= 4 is 27.4 Å². The predicted octanol–water partition coefficient (Wildman–Crippen LogP) is 5.17. The number of sulfonamides is 1. The highest BCUT2D eigenvalue weighted by atomic mass is 35.5. The van der Waals surface area contributed by atoms with E-state index in [9.17, 15) is 22.0 Å². The van der Waals surface area contributed by atoms with Crippen molar-refractivity contribution in [2.24, 2.45) is 0 Å². The average molecular weight is 476 g/mol. The largest absolute Gasteiger partial charge is 0.300 e. The topological polar surface area (TPSA) is 54.5 Å². The molecule has 0 radical (unpaired) electrons. The molecule has 4 nitrogen and oxygen atoms in total. The van der Waals surface area contributed by atoms with E-state index >= 15 is 0 Å². The maximum atomic E-state index is 13.6. The number of carbonyl (C=O) groups is 1. The molecule has 8 heteroatoms. The number of carbonyl (C=O) groups excluding carboxylic acids is 1. The van der Waals surface area contributed by atoms with Crippen LogP contribution in [0.3, 0.4) is 0 Å². The Kier molecular flexibility index (Phi) is 6.42. The van der Waals surface area contributed by atoms with Gasteiger partial charge in [-0.1, -0.05) is 41.9 Å². The molecular formula is C24H20ClF2NO3S. The van der Waals surface area contributed by atoms with Gasteiger partial charge in [-0.05, 0) is 53.6 Å². The highest BCUT2D eigenvalue weighted by Gasteiger charge is 2.41. The van der Waals surface area contributed by atoms with Crippen LogP contribution in [0.2, 0.25) is 5.02 Å². The molecular weight excluding hydrogens is 456 g/mol.